The summed E-state index contributed by atoms with van der Waals surface area (Å²) >= 11 is 5.86. The maximum Gasteiger partial charge on any atom is 0.320 e. The van der Waals surface area contributed by atoms with Gasteiger partial charge in [0.25, 0.3) is 0 Å². The highest BCUT2D eigenvalue weighted by Gasteiger charge is 2.17. The highest BCUT2D eigenvalue weighted by atomic mass is 35.5. The van der Waals surface area contributed by atoms with Crippen molar-refractivity contribution in [1.82, 2.24) is 0 Å². The SMILES string of the molecule is Cc1ccc(F)c(C[C@@H](N)C(=O)O)c1Cl. The van der Waals surface area contributed by atoms with Crippen molar-refractivity contribution in [3.63, 3.8) is 0 Å². The number of benzene rings is 1. The molecule has 82 valence electrons. The van der Waals surface area contributed by atoms with Crippen LogP contribution in [0.4, 0.5) is 4.39 Å². The molecule has 0 unspecified atom stereocenters. The summed E-state index contributed by atoms with van der Waals surface area (Å²) in [5, 5.41) is 8.85. The molecule has 0 amide bonds. The Labute approximate surface area is 91.7 Å². The van der Waals surface area contributed by atoms with Crippen LogP contribution in [0.1, 0.15) is 11.1 Å². The van der Waals surface area contributed by atoms with Crippen LogP contribution >= 0.6 is 11.6 Å². The number of rotatable bonds is 3. The summed E-state index contributed by atoms with van der Waals surface area (Å²) in [7, 11) is 0. The van der Waals surface area contributed by atoms with Gasteiger partial charge in [-0.2, -0.15) is 0 Å². The Morgan fingerprint density at radius 2 is 2.27 bits per heavy atom. The van der Waals surface area contributed by atoms with Crippen molar-refractivity contribution in [3.8, 4) is 0 Å². The van der Waals surface area contributed by atoms with Gasteiger partial charge in [-0.05, 0) is 18.6 Å². The third-order valence-electron chi connectivity index (χ3n) is 2.12. The number of carbonyl (C=O) groups is 1. The largest absolute Gasteiger partial charge is 0.480 e. The summed E-state index contributed by atoms with van der Waals surface area (Å²) in [6.07, 6.45) is -0.109. The zero-order valence-corrected chi connectivity index (χ0v) is 8.88. The monoisotopic (exact) mass is 231 g/mol. The molecule has 1 atom stereocenters. The molecule has 15 heavy (non-hydrogen) atoms. The predicted molar refractivity (Wildman–Crippen MR) is 55.5 cm³/mol. The smallest absolute Gasteiger partial charge is 0.320 e. The highest BCUT2D eigenvalue weighted by molar-refractivity contribution is 6.32. The van der Waals surface area contributed by atoms with Crippen LogP contribution in [0.25, 0.3) is 0 Å². The maximum absolute atomic E-state index is 13.3. The van der Waals surface area contributed by atoms with Crippen molar-refractivity contribution < 1.29 is 14.3 Å². The van der Waals surface area contributed by atoms with Gasteiger partial charge in [0.2, 0.25) is 0 Å². The number of halogens is 2. The topological polar surface area (TPSA) is 63.3 Å². The minimum Gasteiger partial charge on any atom is -0.480 e. The van der Waals surface area contributed by atoms with Gasteiger partial charge in [-0.3, -0.25) is 4.79 Å². The lowest BCUT2D eigenvalue weighted by Crippen LogP contribution is -2.32. The van der Waals surface area contributed by atoms with Gasteiger partial charge in [-0.25, -0.2) is 4.39 Å². The van der Waals surface area contributed by atoms with Crippen LogP contribution in [-0.2, 0) is 11.2 Å². The molecule has 1 rings (SSSR count). The number of carboxylic acid groups (broad SMARTS) is 1. The Morgan fingerprint density at radius 1 is 1.67 bits per heavy atom. The number of carboxylic acids is 1. The maximum atomic E-state index is 13.3. The zero-order valence-electron chi connectivity index (χ0n) is 8.13. The number of hydrogen-bond donors (Lipinski definition) is 2. The van der Waals surface area contributed by atoms with Gasteiger partial charge >= 0.3 is 5.97 Å². The molecule has 0 saturated heterocycles. The summed E-state index contributed by atoms with van der Waals surface area (Å²) in [5.74, 6) is -1.70. The summed E-state index contributed by atoms with van der Waals surface area (Å²) in [6.45, 7) is 1.72. The predicted octanol–water partition coefficient (Wildman–Crippen LogP) is 1.74. The van der Waals surface area contributed by atoms with Gasteiger partial charge in [0.15, 0.2) is 0 Å². The van der Waals surface area contributed by atoms with E-state index in [1.807, 2.05) is 0 Å². The summed E-state index contributed by atoms with van der Waals surface area (Å²) in [4.78, 5) is 10.5. The Kier molecular flexibility index (Phi) is 3.66. The normalized spacial score (nSPS) is 12.5. The second-order valence-electron chi connectivity index (χ2n) is 3.31. The Hall–Kier alpha value is -1.13. The first kappa shape index (κ1) is 11.9. The Bertz CT molecular complexity index is 395. The van der Waals surface area contributed by atoms with E-state index in [0.29, 0.717) is 5.56 Å². The van der Waals surface area contributed by atoms with Crippen molar-refractivity contribution in [2.45, 2.75) is 19.4 Å². The van der Waals surface area contributed by atoms with E-state index < -0.39 is 17.8 Å². The van der Waals surface area contributed by atoms with Crippen LogP contribution < -0.4 is 5.73 Å². The quantitative estimate of drug-likeness (QED) is 0.833. The molecule has 0 aliphatic rings. The van der Waals surface area contributed by atoms with Crippen molar-refractivity contribution in [1.29, 1.82) is 0 Å². The molecule has 1 aromatic rings. The molecule has 5 heteroatoms. The second kappa shape index (κ2) is 4.59. The first-order chi connectivity index (χ1) is 6.93. The molecule has 0 aliphatic carbocycles. The van der Waals surface area contributed by atoms with Gasteiger partial charge in [0, 0.05) is 17.0 Å². The van der Waals surface area contributed by atoms with Crippen molar-refractivity contribution in [3.05, 3.63) is 34.1 Å². The second-order valence-corrected chi connectivity index (χ2v) is 3.68. The van der Waals surface area contributed by atoms with E-state index in [2.05, 4.69) is 0 Å². The molecule has 0 aromatic heterocycles. The van der Waals surface area contributed by atoms with Crippen molar-refractivity contribution in [2.75, 3.05) is 0 Å². The van der Waals surface area contributed by atoms with Crippen LogP contribution in [0.3, 0.4) is 0 Å². The lowest BCUT2D eigenvalue weighted by Gasteiger charge is -2.10. The molecule has 0 bridgehead atoms. The summed E-state index contributed by atoms with van der Waals surface area (Å²) < 4.78 is 13.3. The summed E-state index contributed by atoms with van der Waals surface area (Å²) in [6, 6.07) is 1.65. The van der Waals surface area contributed by atoms with E-state index in [1.54, 1.807) is 6.92 Å². The lowest BCUT2D eigenvalue weighted by atomic mass is 10.0. The van der Waals surface area contributed by atoms with E-state index in [9.17, 15) is 9.18 Å². The van der Waals surface area contributed by atoms with E-state index >= 15 is 0 Å². The van der Waals surface area contributed by atoms with E-state index in [4.69, 9.17) is 22.4 Å². The zero-order chi connectivity index (χ0) is 11.6. The fourth-order valence-corrected chi connectivity index (χ4v) is 1.44. The minimum absolute atomic E-state index is 0.109. The summed E-state index contributed by atoms with van der Waals surface area (Å²) in [5.41, 5.74) is 6.17. The van der Waals surface area contributed by atoms with Crippen LogP contribution in [0.5, 0.6) is 0 Å². The van der Waals surface area contributed by atoms with Crippen LogP contribution in [0.15, 0.2) is 12.1 Å². The Balaban J connectivity index is 3.03. The van der Waals surface area contributed by atoms with Crippen molar-refractivity contribution in [2.24, 2.45) is 5.73 Å². The van der Waals surface area contributed by atoms with Crippen molar-refractivity contribution >= 4 is 17.6 Å². The molecular weight excluding hydrogens is 221 g/mol. The molecule has 3 nitrogen and oxygen atoms in total. The van der Waals surface area contributed by atoms with E-state index in [-0.39, 0.29) is 17.0 Å². The number of hydrogen-bond acceptors (Lipinski definition) is 2. The third-order valence-corrected chi connectivity index (χ3v) is 2.65. The lowest BCUT2D eigenvalue weighted by molar-refractivity contribution is -0.138. The molecule has 0 radical (unpaired) electrons. The van der Waals surface area contributed by atoms with Gasteiger partial charge in [-0.15, -0.1) is 0 Å². The molecule has 0 fully saturated rings. The molecule has 0 spiro atoms. The standard InChI is InChI=1S/C10H11ClFNO2/c1-5-2-3-7(12)6(9(5)11)4-8(13)10(14)15/h2-3,8H,4,13H2,1H3,(H,14,15)/t8-/m1/s1. The number of aliphatic carboxylic acids is 1. The van der Waals surface area contributed by atoms with Gasteiger partial charge < -0.3 is 10.8 Å². The molecular formula is C10H11ClFNO2. The van der Waals surface area contributed by atoms with Gasteiger partial charge in [0.05, 0.1) is 0 Å². The Morgan fingerprint density at radius 3 is 2.80 bits per heavy atom. The molecule has 0 heterocycles. The molecule has 0 aliphatic heterocycles. The van der Waals surface area contributed by atoms with E-state index in [0.717, 1.165) is 0 Å². The van der Waals surface area contributed by atoms with Gasteiger partial charge in [0.1, 0.15) is 11.9 Å². The van der Waals surface area contributed by atoms with Gasteiger partial charge in [-0.1, -0.05) is 17.7 Å². The highest BCUT2D eigenvalue weighted by Crippen LogP contribution is 2.24. The fourth-order valence-electron chi connectivity index (χ4n) is 1.21. The minimum atomic E-state index is -1.17. The number of nitrogens with two attached hydrogens (primary N) is 1. The van der Waals surface area contributed by atoms with Crippen LogP contribution in [0, 0.1) is 12.7 Å². The first-order valence-corrected chi connectivity index (χ1v) is 4.73. The number of aryl methyl sites for hydroxylation is 1. The first-order valence-electron chi connectivity index (χ1n) is 4.35. The fraction of sp³-hybridized carbons (Fsp3) is 0.300. The average molecular weight is 232 g/mol. The molecule has 0 saturated carbocycles. The average Bonchev–Trinajstić information content (AvgIpc) is 2.18. The van der Waals surface area contributed by atoms with Crippen LogP contribution in [-0.4, -0.2) is 17.1 Å². The molecule has 1 aromatic carbocycles. The van der Waals surface area contributed by atoms with E-state index in [1.165, 1.54) is 12.1 Å². The van der Waals surface area contributed by atoms with Crippen LogP contribution in [0.2, 0.25) is 5.02 Å². The molecule has 3 N–H and O–H groups in total. The third kappa shape index (κ3) is 2.67.